The SMILES string of the molecule is Cn1cc(C(=O)Nc2cncc(Cl)c2)c(C2CCCC2)n1. The minimum atomic E-state index is -0.158. The average Bonchev–Trinajstić information content (AvgIpc) is 3.07. The van der Waals surface area contributed by atoms with E-state index in [0.29, 0.717) is 22.2 Å². The highest BCUT2D eigenvalue weighted by Crippen LogP contribution is 2.35. The van der Waals surface area contributed by atoms with E-state index in [9.17, 15) is 4.79 Å². The first-order valence-corrected chi connectivity index (χ1v) is 7.47. The van der Waals surface area contributed by atoms with Crippen LogP contribution in [0, 0.1) is 0 Å². The van der Waals surface area contributed by atoms with Gasteiger partial charge in [0.25, 0.3) is 5.91 Å². The topological polar surface area (TPSA) is 59.8 Å². The number of carbonyl (C=O) groups is 1. The van der Waals surface area contributed by atoms with Crippen molar-refractivity contribution < 1.29 is 4.79 Å². The van der Waals surface area contributed by atoms with E-state index in [1.807, 2.05) is 7.05 Å². The Bertz CT molecular complexity index is 661. The van der Waals surface area contributed by atoms with E-state index in [2.05, 4.69) is 15.4 Å². The van der Waals surface area contributed by atoms with Gasteiger partial charge in [0.05, 0.1) is 28.2 Å². The molecular weight excluding hydrogens is 288 g/mol. The molecule has 0 aromatic carbocycles. The molecule has 0 atom stereocenters. The van der Waals surface area contributed by atoms with Gasteiger partial charge in [0, 0.05) is 25.4 Å². The number of nitrogens with one attached hydrogen (secondary N) is 1. The van der Waals surface area contributed by atoms with Crippen LogP contribution in [0.2, 0.25) is 5.02 Å². The molecule has 2 aromatic heterocycles. The number of nitrogens with zero attached hydrogens (tertiary/aromatic N) is 3. The molecule has 1 fully saturated rings. The molecule has 2 heterocycles. The second-order valence-corrected chi connectivity index (χ2v) is 5.87. The van der Waals surface area contributed by atoms with Gasteiger partial charge in [-0.3, -0.25) is 14.5 Å². The molecule has 0 radical (unpaired) electrons. The van der Waals surface area contributed by atoms with Crippen LogP contribution in [-0.2, 0) is 7.05 Å². The molecule has 1 amide bonds. The van der Waals surface area contributed by atoms with E-state index in [0.717, 1.165) is 18.5 Å². The smallest absolute Gasteiger partial charge is 0.259 e. The minimum Gasteiger partial charge on any atom is -0.320 e. The minimum absolute atomic E-state index is 0.158. The van der Waals surface area contributed by atoms with E-state index in [1.165, 1.54) is 19.0 Å². The number of aromatic nitrogens is 3. The predicted molar refractivity (Wildman–Crippen MR) is 81.6 cm³/mol. The zero-order valence-electron chi connectivity index (χ0n) is 11.8. The Hall–Kier alpha value is -1.88. The van der Waals surface area contributed by atoms with Gasteiger partial charge in [-0.1, -0.05) is 24.4 Å². The fourth-order valence-corrected chi connectivity index (χ4v) is 3.03. The van der Waals surface area contributed by atoms with E-state index >= 15 is 0 Å². The molecule has 3 rings (SSSR count). The van der Waals surface area contributed by atoms with Crippen molar-refractivity contribution in [2.24, 2.45) is 7.05 Å². The van der Waals surface area contributed by atoms with Crippen molar-refractivity contribution in [3.8, 4) is 0 Å². The summed E-state index contributed by atoms with van der Waals surface area (Å²) in [6.45, 7) is 0. The Morgan fingerprint density at radius 2 is 2.14 bits per heavy atom. The van der Waals surface area contributed by atoms with Gasteiger partial charge in [-0.05, 0) is 18.9 Å². The van der Waals surface area contributed by atoms with Crippen molar-refractivity contribution in [1.82, 2.24) is 14.8 Å². The molecule has 0 bridgehead atoms. The second-order valence-electron chi connectivity index (χ2n) is 5.43. The highest BCUT2D eigenvalue weighted by molar-refractivity contribution is 6.30. The maximum Gasteiger partial charge on any atom is 0.259 e. The summed E-state index contributed by atoms with van der Waals surface area (Å²) in [5.41, 5.74) is 2.14. The van der Waals surface area contributed by atoms with Crippen LogP contribution in [-0.4, -0.2) is 20.7 Å². The van der Waals surface area contributed by atoms with E-state index in [4.69, 9.17) is 11.6 Å². The molecule has 110 valence electrons. The van der Waals surface area contributed by atoms with Crippen molar-refractivity contribution in [1.29, 1.82) is 0 Å². The molecule has 21 heavy (non-hydrogen) atoms. The maximum absolute atomic E-state index is 12.5. The first kappa shape index (κ1) is 14.1. The molecule has 0 spiro atoms. The number of halogens is 1. The van der Waals surface area contributed by atoms with Gasteiger partial charge in [-0.25, -0.2) is 0 Å². The summed E-state index contributed by atoms with van der Waals surface area (Å²) in [5, 5.41) is 7.82. The Morgan fingerprint density at radius 3 is 2.86 bits per heavy atom. The quantitative estimate of drug-likeness (QED) is 0.945. The van der Waals surface area contributed by atoms with Crippen molar-refractivity contribution in [2.75, 3.05) is 5.32 Å². The molecule has 2 aromatic rings. The van der Waals surface area contributed by atoms with Gasteiger partial charge in [0.2, 0.25) is 0 Å². The normalized spacial score (nSPS) is 15.3. The van der Waals surface area contributed by atoms with E-state index in [1.54, 1.807) is 23.1 Å². The molecule has 0 aliphatic heterocycles. The Balaban J connectivity index is 1.84. The number of amides is 1. The van der Waals surface area contributed by atoms with Crippen LogP contribution in [0.3, 0.4) is 0 Å². The lowest BCUT2D eigenvalue weighted by molar-refractivity contribution is 0.102. The van der Waals surface area contributed by atoms with Crippen LogP contribution in [0.1, 0.15) is 47.7 Å². The van der Waals surface area contributed by atoms with Crippen LogP contribution in [0.4, 0.5) is 5.69 Å². The number of carbonyl (C=O) groups excluding carboxylic acids is 1. The molecule has 5 nitrogen and oxygen atoms in total. The number of hydrogen-bond acceptors (Lipinski definition) is 3. The molecular formula is C15H17ClN4O. The van der Waals surface area contributed by atoms with Gasteiger partial charge in [0.1, 0.15) is 0 Å². The zero-order chi connectivity index (χ0) is 14.8. The largest absolute Gasteiger partial charge is 0.320 e. The summed E-state index contributed by atoms with van der Waals surface area (Å²) in [5.74, 6) is 0.235. The molecule has 6 heteroatoms. The lowest BCUT2D eigenvalue weighted by Crippen LogP contribution is -2.14. The summed E-state index contributed by atoms with van der Waals surface area (Å²) < 4.78 is 1.71. The van der Waals surface area contributed by atoms with Crippen LogP contribution in [0.5, 0.6) is 0 Å². The molecule has 1 aliphatic rings. The molecule has 1 aliphatic carbocycles. The van der Waals surface area contributed by atoms with Crippen LogP contribution >= 0.6 is 11.6 Å². The van der Waals surface area contributed by atoms with Gasteiger partial charge in [-0.15, -0.1) is 0 Å². The van der Waals surface area contributed by atoms with Crippen molar-refractivity contribution in [3.63, 3.8) is 0 Å². The standard InChI is InChI=1S/C15H17ClN4O/c1-20-9-13(14(19-20)10-4-2-3-5-10)15(21)18-12-6-11(16)7-17-8-12/h6-10H,2-5H2,1H3,(H,18,21). The molecule has 0 unspecified atom stereocenters. The summed E-state index contributed by atoms with van der Waals surface area (Å²) >= 11 is 5.88. The number of rotatable bonds is 3. The monoisotopic (exact) mass is 304 g/mol. The Kier molecular flexibility index (Phi) is 3.92. The lowest BCUT2D eigenvalue weighted by atomic mass is 10.00. The molecule has 1 N–H and O–H groups in total. The summed E-state index contributed by atoms with van der Waals surface area (Å²) in [4.78, 5) is 16.4. The highest BCUT2D eigenvalue weighted by atomic mass is 35.5. The van der Waals surface area contributed by atoms with Crippen molar-refractivity contribution in [2.45, 2.75) is 31.6 Å². The first-order chi connectivity index (χ1) is 10.1. The van der Waals surface area contributed by atoms with E-state index in [-0.39, 0.29) is 5.91 Å². The summed E-state index contributed by atoms with van der Waals surface area (Å²) in [6, 6.07) is 1.68. The van der Waals surface area contributed by atoms with E-state index < -0.39 is 0 Å². The maximum atomic E-state index is 12.5. The van der Waals surface area contributed by atoms with Gasteiger partial charge >= 0.3 is 0 Å². The fraction of sp³-hybridized carbons (Fsp3) is 0.400. The average molecular weight is 305 g/mol. The van der Waals surface area contributed by atoms with Crippen LogP contribution < -0.4 is 5.32 Å². The third-order valence-electron chi connectivity index (χ3n) is 3.81. The molecule has 0 saturated heterocycles. The van der Waals surface area contributed by atoms with Crippen molar-refractivity contribution >= 4 is 23.2 Å². The predicted octanol–water partition coefficient (Wildman–Crippen LogP) is 3.38. The third-order valence-corrected chi connectivity index (χ3v) is 4.01. The van der Waals surface area contributed by atoms with Gasteiger partial charge < -0.3 is 5.32 Å². The number of hydrogen-bond donors (Lipinski definition) is 1. The summed E-state index contributed by atoms with van der Waals surface area (Å²) in [7, 11) is 1.84. The Morgan fingerprint density at radius 1 is 1.38 bits per heavy atom. The molecule has 1 saturated carbocycles. The second kappa shape index (κ2) is 5.85. The number of aryl methyl sites for hydroxylation is 1. The number of anilines is 1. The van der Waals surface area contributed by atoms with Gasteiger partial charge in [-0.2, -0.15) is 5.10 Å². The van der Waals surface area contributed by atoms with Crippen molar-refractivity contribution in [3.05, 3.63) is 40.9 Å². The summed E-state index contributed by atoms with van der Waals surface area (Å²) in [6.07, 6.45) is 9.52. The number of pyridine rings is 1. The zero-order valence-corrected chi connectivity index (χ0v) is 12.6. The third kappa shape index (κ3) is 3.08. The fourth-order valence-electron chi connectivity index (χ4n) is 2.86. The van der Waals surface area contributed by atoms with Crippen LogP contribution in [0.15, 0.2) is 24.7 Å². The highest BCUT2D eigenvalue weighted by Gasteiger charge is 2.26. The van der Waals surface area contributed by atoms with Crippen LogP contribution in [0.25, 0.3) is 0 Å². The first-order valence-electron chi connectivity index (χ1n) is 7.09. The Labute approximate surface area is 128 Å². The van der Waals surface area contributed by atoms with Gasteiger partial charge in [0.15, 0.2) is 0 Å². The lowest BCUT2D eigenvalue weighted by Gasteiger charge is -2.09.